The number of primary amides is 1. The number of thiol groups is 1. The molecule has 0 atom stereocenters. The van der Waals surface area contributed by atoms with E-state index in [-0.39, 0.29) is 5.56 Å². The Hall–Kier alpha value is -1.20. The van der Waals surface area contributed by atoms with Crippen molar-refractivity contribution in [3.8, 4) is 0 Å². The zero-order valence-electron chi connectivity index (χ0n) is 9.45. The Bertz CT molecular complexity index is 475. The van der Waals surface area contributed by atoms with Crippen molar-refractivity contribution in [2.75, 3.05) is 0 Å². The second-order valence-corrected chi connectivity index (χ2v) is 5.03. The molecule has 17 heavy (non-hydrogen) atoms. The van der Waals surface area contributed by atoms with Gasteiger partial charge < -0.3 is 11.1 Å². The fourth-order valence-corrected chi connectivity index (χ4v) is 1.51. The minimum Gasteiger partial charge on any atom is -0.368 e. The van der Waals surface area contributed by atoms with E-state index in [0.717, 1.165) is 0 Å². The summed E-state index contributed by atoms with van der Waals surface area (Å²) in [5, 5.41) is 2.80. The van der Waals surface area contributed by atoms with Crippen LogP contribution in [0, 0.1) is 0 Å². The van der Waals surface area contributed by atoms with Gasteiger partial charge in [-0.15, -0.1) is 12.6 Å². The summed E-state index contributed by atoms with van der Waals surface area (Å²) in [5.41, 5.74) is 4.29. The van der Waals surface area contributed by atoms with Crippen LogP contribution in [-0.4, -0.2) is 17.4 Å². The van der Waals surface area contributed by atoms with Crippen LogP contribution < -0.4 is 11.1 Å². The van der Waals surface area contributed by atoms with Crippen LogP contribution in [0.1, 0.15) is 24.2 Å². The number of hydrogen-bond acceptors (Lipinski definition) is 3. The molecule has 92 valence electrons. The van der Waals surface area contributed by atoms with Crippen molar-refractivity contribution >= 4 is 36.0 Å². The Morgan fingerprint density at radius 2 is 2.00 bits per heavy atom. The standard InChI is InChI=1S/C11H13ClN2O2S/c1-11(2,10(13)16)14-9(15)7-5-6(17)3-4-8(7)12/h3-5,17H,1-2H3,(H2,13,16)(H,14,15). The predicted molar refractivity (Wildman–Crippen MR) is 69.4 cm³/mol. The van der Waals surface area contributed by atoms with Crippen LogP contribution >= 0.6 is 24.2 Å². The number of rotatable bonds is 3. The van der Waals surface area contributed by atoms with Gasteiger partial charge in [0, 0.05) is 4.90 Å². The highest BCUT2D eigenvalue weighted by Gasteiger charge is 2.27. The highest BCUT2D eigenvalue weighted by atomic mass is 35.5. The van der Waals surface area contributed by atoms with Gasteiger partial charge in [-0.2, -0.15) is 0 Å². The summed E-state index contributed by atoms with van der Waals surface area (Å²) in [7, 11) is 0. The lowest BCUT2D eigenvalue weighted by Crippen LogP contribution is -2.53. The number of hydrogen-bond donors (Lipinski definition) is 3. The van der Waals surface area contributed by atoms with Gasteiger partial charge >= 0.3 is 0 Å². The van der Waals surface area contributed by atoms with E-state index in [1.807, 2.05) is 0 Å². The molecule has 0 aliphatic heterocycles. The first-order valence-corrected chi connectivity index (χ1v) is 5.67. The second-order valence-electron chi connectivity index (χ2n) is 4.11. The average Bonchev–Trinajstić information content (AvgIpc) is 2.20. The van der Waals surface area contributed by atoms with Gasteiger partial charge in [-0.3, -0.25) is 9.59 Å². The van der Waals surface area contributed by atoms with Crippen LogP contribution in [0.4, 0.5) is 0 Å². The number of amides is 2. The molecular formula is C11H13ClN2O2S. The van der Waals surface area contributed by atoms with Crippen molar-refractivity contribution in [1.82, 2.24) is 5.32 Å². The van der Waals surface area contributed by atoms with Gasteiger partial charge in [0.1, 0.15) is 5.54 Å². The first kappa shape index (κ1) is 13.9. The molecule has 0 unspecified atom stereocenters. The molecule has 0 aliphatic carbocycles. The first-order chi connectivity index (χ1) is 7.74. The summed E-state index contributed by atoms with van der Waals surface area (Å²) in [5.74, 6) is -1.08. The maximum atomic E-state index is 11.9. The van der Waals surface area contributed by atoms with Crippen molar-refractivity contribution in [2.24, 2.45) is 5.73 Å². The summed E-state index contributed by atoms with van der Waals surface area (Å²) < 4.78 is 0. The highest BCUT2D eigenvalue weighted by Crippen LogP contribution is 2.20. The predicted octanol–water partition coefficient (Wildman–Crippen LogP) is 1.62. The van der Waals surface area contributed by atoms with Crippen LogP contribution in [0.3, 0.4) is 0 Å². The lowest BCUT2D eigenvalue weighted by Gasteiger charge is -2.22. The Balaban J connectivity index is 2.98. The van der Waals surface area contributed by atoms with E-state index in [1.165, 1.54) is 19.9 Å². The normalized spacial score (nSPS) is 11.1. The number of nitrogens with one attached hydrogen (secondary N) is 1. The molecule has 0 aromatic heterocycles. The molecule has 0 spiro atoms. The van der Waals surface area contributed by atoms with Gasteiger partial charge in [-0.1, -0.05) is 11.6 Å². The molecule has 3 N–H and O–H groups in total. The Morgan fingerprint density at radius 3 is 2.53 bits per heavy atom. The molecule has 1 aromatic rings. The summed E-state index contributed by atoms with van der Waals surface area (Å²) in [6.07, 6.45) is 0. The molecular weight excluding hydrogens is 260 g/mol. The molecule has 0 aliphatic rings. The SMILES string of the molecule is CC(C)(NC(=O)c1cc(S)ccc1Cl)C(N)=O. The molecule has 0 fully saturated rings. The Labute approximate surface area is 110 Å². The third kappa shape index (κ3) is 3.38. The van der Waals surface area contributed by atoms with Crippen LogP contribution in [0.2, 0.25) is 5.02 Å². The number of nitrogens with two attached hydrogens (primary N) is 1. The topological polar surface area (TPSA) is 72.2 Å². The van der Waals surface area contributed by atoms with Gasteiger partial charge in [0.2, 0.25) is 5.91 Å². The maximum absolute atomic E-state index is 11.9. The minimum atomic E-state index is -1.13. The highest BCUT2D eigenvalue weighted by molar-refractivity contribution is 7.80. The van der Waals surface area contributed by atoms with Gasteiger partial charge in [0.15, 0.2) is 0 Å². The number of carbonyl (C=O) groups excluding carboxylic acids is 2. The molecule has 0 saturated carbocycles. The van der Waals surface area contributed by atoms with Crippen LogP contribution in [0.25, 0.3) is 0 Å². The molecule has 6 heteroatoms. The molecule has 0 saturated heterocycles. The summed E-state index contributed by atoms with van der Waals surface area (Å²) in [4.78, 5) is 23.6. The molecule has 0 radical (unpaired) electrons. The molecule has 2 amide bonds. The van der Waals surface area contributed by atoms with Crippen LogP contribution in [0.15, 0.2) is 23.1 Å². The minimum absolute atomic E-state index is 0.258. The maximum Gasteiger partial charge on any atom is 0.253 e. The van der Waals surface area contributed by atoms with Gasteiger partial charge in [0.25, 0.3) is 5.91 Å². The second kappa shape index (κ2) is 4.98. The molecule has 0 heterocycles. The number of benzene rings is 1. The zero-order chi connectivity index (χ0) is 13.2. The first-order valence-electron chi connectivity index (χ1n) is 4.85. The van der Waals surface area contributed by atoms with Crippen molar-refractivity contribution in [2.45, 2.75) is 24.3 Å². The van der Waals surface area contributed by atoms with Crippen molar-refractivity contribution in [1.29, 1.82) is 0 Å². The van der Waals surface area contributed by atoms with Crippen molar-refractivity contribution in [3.05, 3.63) is 28.8 Å². The van der Waals surface area contributed by atoms with E-state index in [4.69, 9.17) is 17.3 Å². The van der Waals surface area contributed by atoms with Crippen molar-refractivity contribution in [3.63, 3.8) is 0 Å². The number of halogens is 1. The lowest BCUT2D eigenvalue weighted by atomic mass is 10.0. The third-order valence-corrected chi connectivity index (χ3v) is 2.84. The molecule has 0 bridgehead atoms. The average molecular weight is 273 g/mol. The van der Waals surface area contributed by atoms with Gasteiger partial charge in [0.05, 0.1) is 10.6 Å². The molecule has 1 aromatic carbocycles. The molecule has 4 nitrogen and oxygen atoms in total. The monoisotopic (exact) mass is 272 g/mol. The molecule has 1 rings (SSSR count). The number of carbonyl (C=O) groups is 2. The van der Waals surface area contributed by atoms with Crippen LogP contribution in [-0.2, 0) is 4.79 Å². The van der Waals surface area contributed by atoms with E-state index < -0.39 is 17.4 Å². The summed E-state index contributed by atoms with van der Waals surface area (Å²) in [6.45, 7) is 3.04. The lowest BCUT2D eigenvalue weighted by molar-refractivity contribution is -0.122. The summed E-state index contributed by atoms with van der Waals surface area (Å²) >= 11 is 10.0. The van der Waals surface area contributed by atoms with E-state index in [1.54, 1.807) is 12.1 Å². The van der Waals surface area contributed by atoms with E-state index in [0.29, 0.717) is 9.92 Å². The largest absolute Gasteiger partial charge is 0.368 e. The van der Waals surface area contributed by atoms with E-state index in [9.17, 15) is 9.59 Å². The Morgan fingerprint density at radius 1 is 1.41 bits per heavy atom. The zero-order valence-corrected chi connectivity index (χ0v) is 11.1. The van der Waals surface area contributed by atoms with Crippen LogP contribution in [0.5, 0.6) is 0 Å². The van der Waals surface area contributed by atoms with Gasteiger partial charge in [-0.05, 0) is 32.0 Å². The fourth-order valence-electron chi connectivity index (χ4n) is 1.10. The Kier molecular flexibility index (Phi) is 4.06. The summed E-state index contributed by atoms with van der Waals surface area (Å²) in [6, 6.07) is 4.76. The smallest absolute Gasteiger partial charge is 0.253 e. The third-order valence-electron chi connectivity index (χ3n) is 2.24. The quantitative estimate of drug-likeness (QED) is 0.732. The fraction of sp³-hybridized carbons (Fsp3) is 0.273. The van der Waals surface area contributed by atoms with E-state index >= 15 is 0 Å². The van der Waals surface area contributed by atoms with E-state index in [2.05, 4.69) is 17.9 Å². The van der Waals surface area contributed by atoms with Crippen molar-refractivity contribution < 1.29 is 9.59 Å². The van der Waals surface area contributed by atoms with Gasteiger partial charge in [-0.25, -0.2) is 0 Å².